The van der Waals surface area contributed by atoms with E-state index in [2.05, 4.69) is 0 Å². The maximum atomic E-state index is 11.0. The van der Waals surface area contributed by atoms with Crippen molar-refractivity contribution in [3.05, 3.63) is 34.7 Å². The average molecular weight is 262 g/mol. The van der Waals surface area contributed by atoms with E-state index in [-0.39, 0.29) is 0 Å². The van der Waals surface area contributed by atoms with Crippen LogP contribution in [0.15, 0.2) is 24.3 Å². The largest absolute Gasteiger partial charge is 0.497 e. The maximum Gasteiger partial charge on any atom is 0.345 e. The van der Waals surface area contributed by atoms with E-state index in [1.807, 2.05) is 18.2 Å². The molecule has 0 fully saturated rings. The van der Waals surface area contributed by atoms with Gasteiger partial charge >= 0.3 is 5.97 Å². The van der Waals surface area contributed by atoms with Crippen molar-refractivity contribution in [1.82, 2.24) is 0 Å². The molecule has 3 rings (SSSR count). The van der Waals surface area contributed by atoms with Crippen molar-refractivity contribution in [2.24, 2.45) is 0 Å². The molecule has 0 amide bonds. The Hall–Kier alpha value is -2.01. The van der Waals surface area contributed by atoms with Gasteiger partial charge < -0.3 is 14.6 Å². The highest BCUT2D eigenvalue weighted by molar-refractivity contribution is 7.17. The van der Waals surface area contributed by atoms with Crippen LogP contribution in [0.3, 0.4) is 0 Å². The Balaban J connectivity index is 2.13. The lowest BCUT2D eigenvalue weighted by Gasteiger charge is -2.18. The van der Waals surface area contributed by atoms with Crippen molar-refractivity contribution in [1.29, 1.82) is 0 Å². The van der Waals surface area contributed by atoms with Crippen LogP contribution < -0.4 is 9.47 Å². The Labute approximate surface area is 107 Å². The molecule has 1 aliphatic rings. The molecule has 4 nitrogen and oxygen atoms in total. The van der Waals surface area contributed by atoms with Crippen LogP contribution in [-0.2, 0) is 6.61 Å². The van der Waals surface area contributed by atoms with Gasteiger partial charge in [-0.15, -0.1) is 11.3 Å². The molecule has 0 atom stereocenters. The van der Waals surface area contributed by atoms with Gasteiger partial charge in [0.25, 0.3) is 0 Å². The summed E-state index contributed by atoms with van der Waals surface area (Å²) in [6, 6.07) is 7.24. The number of rotatable bonds is 2. The summed E-state index contributed by atoms with van der Waals surface area (Å²) in [6.45, 7) is 0.402. The highest BCUT2D eigenvalue weighted by Gasteiger charge is 2.22. The highest BCUT2D eigenvalue weighted by Crippen LogP contribution is 2.43. The lowest BCUT2D eigenvalue weighted by molar-refractivity contribution is 0.0702. The summed E-state index contributed by atoms with van der Waals surface area (Å²) in [6.07, 6.45) is 0. The van der Waals surface area contributed by atoms with E-state index in [4.69, 9.17) is 14.6 Å². The molecule has 18 heavy (non-hydrogen) atoms. The number of hydrogen-bond acceptors (Lipinski definition) is 4. The number of carbonyl (C=O) groups is 1. The Kier molecular flexibility index (Phi) is 2.48. The topological polar surface area (TPSA) is 55.8 Å². The molecule has 0 bridgehead atoms. The number of hydrogen-bond donors (Lipinski definition) is 1. The van der Waals surface area contributed by atoms with E-state index >= 15 is 0 Å². The van der Waals surface area contributed by atoms with E-state index in [0.717, 1.165) is 27.5 Å². The molecule has 92 valence electrons. The van der Waals surface area contributed by atoms with Gasteiger partial charge in [-0.05, 0) is 18.2 Å². The standard InChI is InChI=1S/C13H10O4S/c1-16-8-2-3-9-10(5-8)17-6-7-4-11(13(14)15)18-12(7)9/h2-5H,6H2,1H3,(H,14,15). The first-order valence-electron chi connectivity index (χ1n) is 5.36. The second-order valence-corrected chi connectivity index (χ2v) is 4.97. The molecule has 1 N–H and O–H groups in total. The zero-order chi connectivity index (χ0) is 12.7. The van der Waals surface area contributed by atoms with E-state index in [1.54, 1.807) is 13.2 Å². The van der Waals surface area contributed by atoms with Gasteiger partial charge in [0, 0.05) is 22.1 Å². The minimum Gasteiger partial charge on any atom is -0.497 e. The lowest BCUT2D eigenvalue weighted by atomic mass is 10.1. The monoisotopic (exact) mass is 262 g/mol. The number of benzene rings is 1. The fourth-order valence-corrected chi connectivity index (χ4v) is 3.00. The van der Waals surface area contributed by atoms with Gasteiger partial charge in [0.15, 0.2) is 0 Å². The molecule has 0 spiro atoms. The highest BCUT2D eigenvalue weighted by atomic mass is 32.1. The second kappa shape index (κ2) is 4.03. The number of aromatic carboxylic acids is 1. The number of methoxy groups -OCH3 is 1. The van der Waals surface area contributed by atoms with Gasteiger partial charge in [-0.3, -0.25) is 0 Å². The van der Waals surface area contributed by atoms with E-state index < -0.39 is 5.97 Å². The zero-order valence-electron chi connectivity index (χ0n) is 9.60. The third kappa shape index (κ3) is 1.64. The van der Waals surface area contributed by atoms with Crippen LogP contribution in [0.25, 0.3) is 10.4 Å². The van der Waals surface area contributed by atoms with Crippen molar-refractivity contribution < 1.29 is 19.4 Å². The smallest absolute Gasteiger partial charge is 0.345 e. The van der Waals surface area contributed by atoms with Gasteiger partial charge in [0.2, 0.25) is 0 Å². The van der Waals surface area contributed by atoms with Crippen molar-refractivity contribution in [3.63, 3.8) is 0 Å². The number of thiophene rings is 1. The Morgan fingerprint density at radius 1 is 1.44 bits per heavy atom. The number of carboxylic acids is 1. The summed E-state index contributed by atoms with van der Waals surface area (Å²) in [5.41, 5.74) is 1.85. The van der Waals surface area contributed by atoms with Crippen LogP contribution in [0.2, 0.25) is 0 Å². The summed E-state index contributed by atoms with van der Waals surface area (Å²) < 4.78 is 10.8. The van der Waals surface area contributed by atoms with Crippen LogP contribution in [0, 0.1) is 0 Å². The third-order valence-electron chi connectivity index (χ3n) is 2.84. The van der Waals surface area contributed by atoms with Crippen molar-refractivity contribution in [2.45, 2.75) is 6.61 Å². The molecule has 1 aliphatic heterocycles. The second-order valence-electron chi connectivity index (χ2n) is 3.92. The molecule has 0 aliphatic carbocycles. The SMILES string of the molecule is COc1ccc2c(c1)OCc1cc(C(=O)O)sc1-2. The molecule has 0 saturated heterocycles. The van der Waals surface area contributed by atoms with E-state index in [1.165, 1.54) is 11.3 Å². The molecule has 0 radical (unpaired) electrons. The molecule has 2 aromatic rings. The first kappa shape index (κ1) is 11.1. The van der Waals surface area contributed by atoms with Gasteiger partial charge in [-0.2, -0.15) is 0 Å². The molecular formula is C13H10O4S. The summed E-state index contributed by atoms with van der Waals surface area (Å²) in [4.78, 5) is 12.3. The Bertz CT molecular complexity index is 630. The molecular weight excluding hydrogens is 252 g/mol. The predicted molar refractivity (Wildman–Crippen MR) is 67.6 cm³/mol. The minimum absolute atomic E-state index is 0.340. The van der Waals surface area contributed by atoms with Crippen LogP contribution in [0.4, 0.5) is 0 Å². The average Bonchev–Trinajstić information content (AvgIpc) is 2.82. The number of ether oxygens (including phenoxy) is 2. The quantitative estimate of drug-likeness (QED) is 0.903. The van der Waals surface area contributed by atoms with Crippen molar-refractivity contribution in [2.75, 3.05) is 7.11 Å². The van der Waals surface area contributed by atoms with E-state index in [9.17, 15) is 4.79 Å². The molecule has 2 heterocycles. The fraction of sp³-hybridized carbons (Fsp3) is 0.154. The summed E-state index contributed by atoms with van der Waals surface area (Å²) in [5.74, 6) is 0.567. The molecule has 5 heteroatoms. The van der Waals surface area contributed by atoms with Crippen molar-refractivity contribution >= 4 is 17.3 Å². The molecule has 1 aromatic carbocycles. The zero-order valence-corrected chi connectivity index (χ0v) is 10.4. The maximum absolute atomic E-state index is 11.0. The molecule has 0 saturated carbocycles. The molecule has 1 aromatic heterocycles. The summed E-state index contributed by atoms with van der Waals surface area (Å²) in [5, 5.41) is 9.01. The number of carboxylic acid groups (broad SMARTS) is 1. The first-order chi connectivity index (χ1) is 8.69. The van der Waals surface area contributed by atoms with Crippen LogP contribution >= 0.6 is 11.3 Å². The third-order valence-corrected chi connectivity index (χ3v) is 4.03. The van der Waals surface area contributed by atoms with Gasteiger partial charge in [0.1, 0.15) is 23.0 Å². The summed E-state index contributed by atoms with van der Waals surface area (Å²) in [7, 11) is 1.60. The molecule has 0 unspecified atom stereocenters. The normalized spacial score (nSPS) is 12.3. The first-order valence-corrected chi connectivity index (χ1v) is 6.18. The van der Waals surface area contributed by atoms with Gasteiger partial charge in [-0.1, -0.05) is 0 Å². The minimum atomic E-state index is -0.899. The van der Waals surface area contributed by atoms with Gasteiger partial charge in [0.05, 0.1) is 7.11 Å². The van der Waals surface area contributed by atoms with E-state index in [0.29, 0.717) is 11.5 Å². The number of fused-ring (bicyclic) bond motifs is 3. The predicted octanol–water partition coefficient (Wildman–Crippen LogP) is 3.01. The lowest BCUT2D eigenvalue weighted by Crippen LogP contribution is -2.02. The van der Waals surface area contributed by atoms with Gasteiger partial charge in [-0.25, -0.2) is 4.79 Å². The van der Waals surface area contributed by atoms with Crippen LogP contribution in [0.5, 0.6) is 11.5 Å². The fourth-order valence-electron chi connectivity index (χ4n) is 1.96. The van der Waals surface area contributed by atoms with Crippen molar-refractivity contribution in [3.8, 4) is 21.9 Å². The van der Waals surface area contributed by atoms with Crippen LogP contribution in [-0.4, -0.2) is 18.2 Å². The summed E-state index contributed by atoms with van der Waals surface area (Å²) >= 11 is 1.28. The Morgan fingerprint density at radius 3 is 3.00 bits per heavy atom. The van der Waals surface area contributed by atoms with Crippen LogP contribution in [0.1, 0.15) is 15.2 Å². The Morgan fingerprint density at radius 2 is 2.28 bits per heavy atom.